The Kier molecular flexibility index (Phi) is 5.34. The number of ether oxygens (including phenoxy) is 1. The molecule has 0 bridgehead atoms. The van der Waals surface area contributed by atoms with Crippen LogP contribution in [0.3, 0.4) is 0 Å². The van der Waals surface area contributed by atoms with Crippen LogP contribution in [-0.4, -0.2) is 4.99 Å². The van der Waals surface area contributed by atoms with Crippen molar-refractivity contribution in [3.8, 4) is 5.75 Å². The van der Waals surface area contributed by atoms with Crippen LogP contribution in [0.1, 0.15) is 36.5 Å². The van der Waals surface area contributed by atoms with E-state index in [0.29, 0.717) is 23.9 Å². The molecule has 0 saturated heterocycles. The van der Waals surface area contributed by atoms with Crippen molar-refractivity contribution in [1.82, 2.24) is 0 Å². The zero-order chi connectivity index (χ0) is 15.2. The molecule has 0 fully saturated rings. The summed E-state index contributed by atoms with van der Waals surface area (Å²) in [5.74, 6) is 1.41. The summed E-state index contributed by atoms with van der Waals surface area (Å²) in [5.41, 5.74) is 9.16. The Morgan fingerprint density at radius 3 is 2.10 bits per heavy atom. The van der Waals surface area contributed by atoms with Crippen LogP contribution in [-0.2, 0) is 13.0 Å². The van der Waals surface area contributed by atoms with Crippen LogP contribution >= 0.6 is 12.2 Å². The number of rotatable bonds is 6. The number of benzene rings is 2. The summed E-state index contributed by atoms with van der Waals surface area (Å²) < 4.78 is 5.79. The summed E-state index contributed by atoms with van der Waals surface area (Å²) in [4.78, 5) is 0.508. The Labute approximate surface area is 131 Å². The van der Waals surface area contributed by atoms with Gasteiger partial charge >= 0.3 is 0 Å². The van der Waals surface area contributed by atoms with Crippen LogP contribution in [0.5, 0.6) is 5.75 Å². The second-order valence-corrected chi connectivity index (χ2v) is 6.00. The largest absolute Gasteiger partial charge is 0.489 e. The molecule has 0 radical (unpaired) electrons. The number of nitrogens with two attached hydrogens (primary N) is 1. The van der Waals surface area contributed by atoms with E-state index in [2.05, 4.69) is 38.1 Å². The first-order valence-corrected chi connectivity index (χ1v) is 7.54. The highest BCUT2D eigenvalue weighted by Crippen LogP contribution is 2.17. The summed E-state index contributed by atoms with van der Waals surface area (Å²) in [7, 11) is 0. The summed E-state index contributed by atoms with van der Waals surface area (Å²) in [6.07, 6.45) is 0.631. The number of thiocarbonyl (C=S) groups is 1. The second-order valence-electron chi connectivity index (χ2n) is 5.47. The van der Waals surface area contributed by atoms with E-state index >= 15 is 0 Å². The first-order chi connectivity index (χ1) is 10.0. The predicted molar refractivity (Wildman–Crippen MR) is 91.8 cm³/mol. The van der Waals surface area contributed by atoms with Gasteiger partial charge in [0.2, 0.25) is 0 Å². The quantitative estimate of drug-likeness (QED) is 0.811. The van der Waals surface area contributed by atoms with Crippen LogP contribution in [0.15, 0.2) is 48.5 Å². The van der Waals surface area contributed by atoms with Crippen LogP contribution in [0, 0.1) is 0 Å². The minimum absolute atomic E-state index is 0.508. The molecule has 21 heavy (non-hydrogen) atoms. The van der Waals surface area contributed by atoms with E-state index in [0.717, 1.165) is 11.3 Å². The number of hydrogen-bond acceptors (Lipinski definition) is 2. The van der Waals surface area contributed by atoms with Gasteiger partial charge in [-0.2, -0.15) is 0 Å². The molecule has 0 spiro atoms. The topological polar surface area (TPSA) is 35.2 Å². The maximum atomic E-state index is 5.79. The molecular formula is C18H21NOS. The fourth-order valence-corrected chi connectivity index (χ4v) is 2.24. The van der Waals surface area contributed by atoms with Gasteiger partial charge in [0.1, 0.15) is 12.4 Å². The van der Waals surface area contributed by atoms with E-state index in [1.165, 1.54) is 11.1 Å². The van der Waals surface area contributed by atoms with E-state index in [-0.39, 0.29) is 0 Å². The van der Waals surface area contributed by atoms with Crippen LogP contribution in [0.25, 0.3) is 0 Å². The van der Waals surface area contributed by atoms with Gasteiger partial charge in [0.05, 0.1) is 4.99 Å². The third-order valence-electron chi connectivity index (χ3n) is 3.35. The molecule has 0 aliphatic carbocycles. The van der Waals surface area contributed by atoms with Crippen molar-refractivity contribution >= 4 is 17.2 Å². The fourth-order valence-electron chi connectivity index (χ4n) is 2.07. The molecule has 2 rings (SSSR count). The monoisotopic (exact) mass is 299 g/mol. The Morgan fingerprint density at radius 2 is 1.57 bits per heavy atom. The zero-order valence-corrected chi connectivity index (χ0v) is 13.3. The van der Waals surface area contributed by atoms with Gasteiger partial charge in [0.25, 0.3) is 0 Å². The third-order valence-corrected chi connectivity index (χ3v) is 3.50. The minimum Gasteiger partial charge on any atom is -0.489 e. The molecule has 0 heterocycles. The van der Waals surface area contributed by atoms with Crippen LogP contribution in [0.4, 0.5) is 0 Å². The first kappa shape index (κ1) is 15.5. The molecule has 0 saturated carbocycles. The molecule has 0 atom stereocenters. The van der Waals surface area contributed by atoms with Gasteiger partial charge < -0.3 is 10.5 Å². The zero-order valence-electron chi connectivity index (χ0n) is 12.5. The summed E-state index contributed by atoms with van der Waals surface area (Å²) >= 11 is 4.90. The molecule has 0 aliphatic rings. The lowest BCUT2D eigenvalue weighted by molar-refractivity contribution is 0.306. The average molecular weight is 299 g/mol. The lowest BCUT2D eigenvalue weighted by Crippen LogP contribution is -2.10. The van der Waals surface area contributed by atoms with E-state index in [1.807, 2.05) is 24.3 Å². The SMILES string of the molecule is CC(C)c1ccc(COc2ccc(CC(N)=S)cc2)cc1. The summed E-state index contributed by atoms with van der Waals surface area (Å²) in [6, 6.07) is 16.5. The van der Waals surface area contributed by atoms with E-state index in [1.54, 1.807) is 0 Å². The van der Waals surface area contributed by atoms with Gasteiger partial charge in [0, 0.05) is 6.42 Å². The smallest absolute Gasteiger partial charge is 0.119 e. The molecule has 0 aromatic heterocycles. The highest BCUT2D eigenvalue weighted by atomic mass is 32.1. The molecular weight excluding hydrogens is 278 g/mol. The molecule has 2 nitrogen and oxygen atoms in total. The Balaban J connectivity index is 1.91. The van der Waals surface area contributed by atoms with Crippen molar-refractivity contribution < 1.29 is 4.74 Å². The lowest BCUT2D eigenvalue weighted by atomic mass is 10.0. The first-order valence-electron chi connectivity index (χ1n) is 7.13. The van der Waals surface area contributed by atoms with Crippen LogP contribution in [0.2, 0.25) is 0 Å². The van der Waals surface area contributed by atoms with Gasteiger partial charge in [-0.1, -0.05) is 62.5 Å². The molecule has 2 aromatic carbocycles. The van der Waals surface area contributed by atoms with Gasteiger partial charge in [-0.15, -0.1) is 0 Å². The van der Waals surface area contributed by atoms with Gasteiger partial charge in [-0.25, -0.2) is 0 Å². The van der Waals surface area contributed by atoms with Crippen molar-refractivity contribution in [2.75, 3.05) is 0 Å². The van der Waals surface area contributed by atoms with Gasteiger partial charge in [-0.05, 0) is 34.7 Å². The van der Waals surface area contributed by atoms with E-state index < -0.39 is 0 Å². The molecule has 0 unspecified atom stereocenters. The van der Waals surface area contributed by atoms with Crippen molar-refractivity contribution in [3.05, 3.63) is 65.2 Å². The third kappa shape index (κ3) is 4.87. The summed E-state index contributed by atoms with van der Waals surface area (Å²) in [5, 5.41) is 0. The minimum atomic E-state index is 0.508. The molecule has 3 heteroatoms. The van der Waals surface area contributed by atoms with E-state index in [9.17, 15) is 0 Å². The van der Waals surface area contributed by atoms with Crippen molar-refractivity contribution in [3.63, 3.8) is 0 Å². The Hall–Kier alpha value is -1.87. The second kappa shape index (κ2) is 7.23. The molecule has 2 N–H and O–H groups in total. The van der Waals surface area contributed by atoms with Crippen molar-refractivity contribution in [2.24, 2.45) is 5.73 Å². The molecule has 0 aliphatic heterocycles. The summed E-state index contributed by atoms with van der Waals surface area (Å²) in [6.45, 7) is 4.97. The lowest BCUT2D eigenvalue weighted by Gasteiger charge is -2.09. The molecule has 2 aromatic rings. The highest BCUT2D eigenvalue weighted by Gasteiger charge is 2.01. The molecule has 110 valence electrons. The Morgan fingerprint density at radius 1 is 1.00 bits per heavy atom. The number of hydrogen-bond donors (Lipinski definition) is 1. The van der Waals surface area contributed by atoms with Crippen molar-refractivity contribution in [1.29, 1.82) is 0 Å². The predicted octanol–water partition coefficient (Wildman–Crippen LogP) is 4.22. The maximum Gasteiger partial charge on any atom is 0.119 e. The maximum absolute atomic E-state index is 5.79. The standard InChI is InChI=1S/C18H21NOS/c1-13(2)16-7-3-15(4-8-16)12-20-17-9-5-14(6-10-17)11-18(19)21/h3-10,13H,11-12H2,1-2H3,(H2,19,21). The highest BCUT2D eigenvalue weighted by molar-refractivity contribution is 7.80. The van der Waals surface area contributed by atoms with Crippen molar-refractivity contribution in [2.45, 2.75) is 32.8 Å². The normalized spacial score (nSPS) is 10.6. The molecule has 0 amide bonds. The van der Waals surface area contributed by atoms with Gasteiger partial charge in [0.15, 0.2) is 0 Å². The Bertz CT molecular complexity index is 588. The van der Waals surface area contributed by atoms with E-state index in [4.69, 9.17) is 22.7 Å². The van der Waals surface area contributed by atoms with Crippen LogP contribution < -0.4 is 10.5 Å². The fraction of sp³-hybridized carbons (Fsp3) is 0.278. The van der Waals surface area contributed by atoms with Gasteiger partial charge in [-0.3, -0.25) is 0 Å². The average Bonchev–Trinajstić information content (AvgIpc) is 2.46.